The summed E-state index contributed by atoms with van der Waals surface area (Å²) < 4.78 is 0. The zero-order valence-electron chi connectivity index (χ0n) is 28.6. The van der Waals surface area contributed by atoms with Crippen molar-refractivity contribution in [2.45, 2.75) is 76.9 Å². The van der Waals surface area contributed by atoms with Gasteiger partial charge in [-0.3, -0.25) is 0 Å². The van der Waals surface area contributed by atoms with Gasteiger partial charge in [0.2, 0.25) is 0 Å². The average Bonchev–Trinajstić information content (AvgIpc) is 3.02. The maximum absolute atomic E-state index is 6.21. The minimum Gasteiger partial charge on any atom is -1.00 e. The van der Waals surface area contributed by atoms with Gasteiger partial charge in [-0.2, -0.15) is 0 Å². The van der Waals surface area contributed by atoms with Crippen LogP contribution in [0, 0.1) is 6.92 Å². The summed E-state index contributed by atoms with van der Waals surface area (Å²) in [5.74, 6) is 0.139. The second-order valence-electron chi connectivity index (χ2n) is 13.3. The van der Waals surface area contributed by atoms with E-state index >= 15 is 0 Å². The molecule has 0 radical (unpaired) electrons. The zero-order valence-corrected chi connectivity index (χ0v) is 33.2. The number of benzene rings is 5. The van der Waals surface area contributed by atoms with Crippen molar-refractivity contribution in [2.75, 3.05) is 0 Å². The van der Waals surface area contributed by atoms with Crippen LogP contribution in [-0.2, 0) is 0 Å². The fraction of sp³-hybridized carbons (Fsp3) is 0.286. The van der Waals surface area contributed by atoms with Gasteiger partial charge in [-0.1, -0.05) is 208 Å². The largest absolute Gasteiger partial charge is 2.00 e. The first-order valence-electron chi connectivity index (χ1n) is 16.3. The third kappa shape index (κ3) is 8.00. The molecule has 0 aliphatic rings. The van der Waals surface area contributed by atoms with Crippen molar-refractivity contribution in [1.82, 2.24) is 0 Å². The first-order chi connectivity index (χ1) is 21.2. The number of rotatable bonds is 11. The average molecular weight is 746 g/mol. The monoisotopic (exact) mass is 745 g/mol. The van der Waals surface area contributed by atoms with E-state index < -0.39 is 8.24 Å². The summed E-state index contributed by atoms with van der Waals surface area (Å²) in [7, 11) is -2.22. The normalized spacial score (nSPS) is 11.6. The van der Waals surface area contributed by atoms with Gasteiger partial charge >= 0.3 is 23.1 Å². The molecule has 0 heterocycles. The second-order valence-corrected chi connectivity index (χ2v) is 18.7. The molecule has 0 amide bonds. The van der Waals surface area contributed by atoms with E-state index in [0.717, 1.165) is 0 Å². The summed E-state index contributed by atoms with van der Waals surface area (Å²) in [6, 6.07) is 49.0. The van der Waals surface area contributed by atoms with Gasteiger partial charge in [0.25, 0.3) is 0 Å². The van der Waals surface area contributed by atoms with Crippen LogP contribution in [0.25, 0.3) is 4.98 Å². The van der Waals surface area contributed by atoms with Gasteiger partial charge in [-0.05, 0) is 37.4 Å². The van der Waals surface area contributed by atoms with Crippen LogP contribution in [0.5, 0.6) is 0 Å². The summed E-state index contributed by atoms with van der Waals surface area (Å²) in [5.41, 5.74) is 11.8. The van der Waals surface area contributed by atoms with Gasteiger partial charge in [-0.15, -0.1) is 5.69 Å². The molecule has 0 aliphatic carbocycles. The van der Waals surface area contributed by atoms with Crippen LogP contribution >= 0.6 is 0 Å². The number of halogens is 1. The van der Waals surface area contributed by atoms with E-state index in [1.807, 2.05) is 0 Å². The van der Waals surface area contributed by atoms with Crippen LogP contribution in [0.4, 0.5) is 5.69 Å². The Morgan fingerprint density at radius 1 is 0.457 bits per heavy atom. The topological polar surface area (TPSA) is 14.1 Å². The quantitative estimate of drug-likeness (QED) is 0.0728. The Hall–Kier alpha value is -2.39. The first-order valence-corrected chi connectivity index (χ1v) is 18.5. The minimum atomic E-state index is -2.22. The molecule has 0 aliphatic heterocycles. The Balaban J connectivity index is 0.00000288. The van der Waals surface area contributed by atoms with Crippen molar-refractivity contribution in [3.05, 3.63) is 177 Å². The van der Waals surface area contributed by atoms with Crippen LogP contribution < -0.4 is 24.0 Å². The summed E-state index contributed by atoms with van der Waals surface area (Å²) in [5, 5.41) is 0. The van der Waals surface area contributed by atoms with Gasteiger partial charge < -0.3 is 29.0 Å². The number of nitrogens with zero attached hydrogens (tertiary/aromatic N) is 1. The van der Waals surface area contributed by atoms with E-state index in [1.165, 1.54) is 44.6 Å². The van der Waals surface area contributed by atoms with Crippen LogP contribution in [0.3, 0.4) is 0 Å². The van der Waals surface area contributed by atoms with Crippen molar-refractivity contribution < 1.29 is 24.0 Å². The van der Waals surface area contributed by atoms with E-state index in [9.17, 15) is 0 Å². The molecule has 0 saturated heterocycles. The summed E-state index contributed by atoms with van der Waals surface area (Å²) in [6.45, 7) is 16.8. The van der Waals surface area contributed by atoms with Gasteiger partial charge in [-0.25, -0.2) is 0 Å². The molecule has 0 saturated carbocycles. The molecular weight excluding hydrogens is 698 g/mol. The number of aryl methyl sites for hydroxylation is 1. The van der Waals surface area contributed by atoms with Crippen LogP contribution in [0.1, 0.15) is 92.3 Å². The van der Waals surface area contributed by atoms with Crippen molar-refractivity contribution in [3.63, 3.8) is 0 Å². The smallest absolute Gasteiger partial charge is 1.00 e. The predicted molar refractivity (Wildman–Crippen MR) is 199 cm³/mol. The molecule has 46 heavy (non-hydrogen) atoms. The van der Waals surface area contributed by atoms with E-state index in [4.69, 9.17) is 4.98 Å². The van der Waals surface area contributed by atoms with Gasteiger partial charge in [0.1, 0.15) is 0 Å². The number of hydrogen-bond donors (Lipinski definition) is 0. The predicted octanol–water partition coefficient (Wildman–Crippen LogP) is 9.16. The first kappa shape index (κ1) is 38.1. The maximum Gasteiger partial charge on any atom is 2.00 e. The fourth-order valence-electron chi connectivity index (χ4n) is 7.67. The Labute approximate surface area is 312 Å². The Bertz CT molecular complexity index is 1420. The molecule has 5 aromatic rings. The molecular formula is C42H48IMgNSi. The molecule has 234 valence electrons. The van der Waals surface area contributed by atoms with Crippen molar-refractivity contribution in [2.24, 2.45) is 0 Å². The molecule has 5 aromatic carbocycles. The number of hydrogen-bond acceptors (Lipinski definition) is 0. The van der Waals surface area contributed by atoms with Crippen molar-refractivity contribution in [1.29, 1.82) is 0 Å². The van der Waals surface area contributed by atoms with Gasteiger partial charge in [0, 0.05) is 11.8 Å². The van der Waals surface area contributed by atoms with Crippen LogP contribution in [0.15, 0.2) is 133 Å². The zero-order chi connectivity index (χ0) is 31.3. The summed E-state index contributed by atoms with van der Waals surface area (Å²) >= 11 is 0. The molecule has 0 aromatic heterocycles. The fourth-order valence-corrected chi connectivity index (χ4v) is 13.1. The van der Waals surface area contributed by atoms with Crippen LogP contribution in [0.2, 0.25) is 16.6 Å². The van der Waals surface area contributed by atoms with E-state index in [2.05, 4.69) is 182 Å². The molecule has 0 fully saturated rings. The van der Waals surface area contributed by atoms with E-state index in [0.29, 0.717) is 16.6 Å². The SMILES string of the molecule is Cc1cc(C(c2ccccc2)c2ccccc2)c([N-][Si](C(C)C)(C(C)C)C(C)C)c(C(c2ccccc2)c2ccccc2)c1.[I-].[Mg+2]. The molecule has 0 spiro atoms. The molecule has 1 nitrogen and oxygen atoms in total. The minimum absolute atomic E-state index is 0. The maximum atomic E-state index is 6.21. The standard InChI is InChI=1S/C42H48NSi.HI.Mg/c1-30(2)44(31(3)4,32(5)6)43-42-38(40(34-20-12-8-13-21-34)35-22-14-9-15-23-35)28-33(7)29-39(42)41(36-24-16-10-17-25-36)37-26-18-11-19-27-37;;/h8-32,40-41H,1-7H3;1H;/q-1;;+2/p-1. The summed E-state index contributed by atoms with van der Waals surface area (Å²) in [4.78, 5) is 6.21. The van der Waals surface area contributed by atoms with E-state index in [-0.39, 0.29) is 58.9 Å². The Kier molecular flexibility index (Phi) is 14.2. The summed E-state index contributed by atoms with van der Waals surface area (Å²) in [6.07, 6.45) is 0. The molecule has 0 unspecified atom stereocenters. The van der Waals surface area contributed by atoms with Crippen molar-refractivity contribution in [3.8, 4) is 0 Å². The molecule has 0 N–H and O–H groups in total. The van der Waals surface area contributed by atoms with E-state index in [1.54, 1.807) is 0 Å². The second kappa shape index (κ2) is 17.1. The third-order valence-electron chi connectivity index (χ3n) is 9.55. The molecule has 4 heteroatoms. The van der Waals surface area contributed by atoms with Crippen molar-refractivity contribution >= 4 is 37.0 Å². The Morgan fingerprint density at radius 2 is 0.717 bits per heavy atom. The van der Waals surface area contributed by atoms with Crippen LogP contribution in [-0.4, -0.2) is 31.3 Å². The Morgan fingerprint density at radius 3 is 0.957 bits per heavy atom. The third-order valence-corrected chi connectivity index (χ3v) is 15.7. The molecule has 5 rings (SSSR count). The molecule has 0 atom stereocenters. The van der Waals surface area contributed by atoms with Gasteiger partial charge in [0.15, 0.2) is 0 Å². The molecule has 0 bridgehead atoms. The van der Waals surface area contributed by atoms with Gasteiger partial charge in [0.05, 0.1) is 0 Å².